The van der Waals surface area contributed by atoms with Crippen LogP contribution in [0.1, 0.15) is 12.5 Å². The summed E-state index contributed by atoms with van der Waals surface area (Å²) in [5.74, 6) is -0.0380. The topological polar surface area (TPSA) is 80.4 Å². The third-order valence-electron chi connectivity index (χ3n) is 1.92. The summed E-state index contributed by atoms with van der Waals surface area (Å²) in [5, 5.41) is 9.25. The van der Waals surface area contributed by atoms with Gasteiger partial charge in [0.25, 0.3) is 0 Å². The molecule has 4 nitrogen and oxygen atoms in total. The molecule has 0 saturated heterocycles. The highest BCUT2D eigenvalue weighted by Gasteiger charge is 2.09. The maximum atomic E-state index is 11.3. The molecule has 0 radical (unpaired) electrons. The minimum Gasteiger partial charge on any atom is -0.506 e. The average molecular weight is 215 g/mol. The average Bonchev–Trinajstić information content (AvgIpc) is 2.11. The van der Waals surface area contributed by atoms with E-state index in [4.69, 9.17) is 5.73 Å². The van der Waals surface area contributed by atoms with Gasteiger partial charge >= 0.3 is 0 Å². The third kappa shape index (κ3) is 2.63. The lowest BCUT2D eigenvalue weighted by molar-refractivity contribution is 0.477. The number of aromatic hydroxyl groups is 1. The Hall–Kier alpha value is -1.23. The van der Waals surface area contributed by atoms with Crippen LogP contribution < -0.4 is 5.73 Å². The molecule has 0 heterocycles. The van der Waals surface area contributed by atoms with Crippen molar-refractivity contribution in [2.75, 3.05) is 11.5 Å². The molecule has 5 heteroatoms. The van der Waals surface area contributed by atoms with Crippen molar-refractivity contribution in [2.24, 2.45) is 0 Å². The van der Waals surface area contributed by atoms with Crippen molar-refractivity contribution in [1.82, 2.24) is 0 Å². The number of anilines is 1. The van der Waals surface area contributed by atoms with Crippen LogP contribution in [0.2, 0.25) is 0 Å². The van der Waals surface area contributed by atoms with Crippen LogP contribution in [0.25, 0.3) is 0 Å². The van der Waals surface area contributed by atoms with Gasteiger partial charge in [0.2, 0.25) is 0 Å². The number of nitrogens with two attached hydrogens (primary N) is 1. The number of benzene rings is 1. The van der Waals surface area contributed by atoms with Crippen molar-refractivity contribution >= 4 is 15.5 Å². The lowest BCUT2D eigenvalue weighted by Gasteiger charge is -2.03. The zero-order valence-electron chi connectivity index (χ0n) is 7.90. The zero-order valence-corrected chi connectivity index (χ0v) is 8.71. The molecule has 0 fully saturated rings. The minimum absolute atomic E-state index is 0.0582. The Morgan fingerprint density at radius 3 is 2.57 bits per heavy atom. The number of nitrogen functional groups attached to an aromatic ring is 1. The Bertz CT molecular complexity index is 426. The molecule has 1 aromatic carbocycles. The molecule has 0 atom stereocenters. The van der Waals surface area contributed by atoms with Gasteiger partial charge in [0.05, 0.1) is 11.4 Å². The molecule has 0 amide bonds. The third-order valence-corrected chi connectivity index (χ3v) is 3.57. The smallest absolute Gasteiger partial charge is 0.154 e. The molecule has 0 saturated carbocycles. The number of phenolic OH excluding ortho intramolecular Hbond substituents is 1. The van der Waals surface area contributed by atoms with Gasteiger partial charge in [0.1, 0.15) is 5.75 Å². The van der Waals surface area contributed by atoms with Crippen LogP contribution >= 0.6 is 0 Å². The number of hydrogen-bond donors (Lipinski definition) is 2. The van der Waals surface area contributed by atoms with E-state index in [0.29, 0.717) is 5.56 Å². The van der Waals surface area contributed by atoms with Crippen molar-refractivity contribution < 1.29 is 13.5 Å². The van der Waals surface area contributed by atoms with Crippen LogP contribution in [0.3, 0.4) is 0 Å². The molecule has 0 bridgehead atoms. The molecule has 1 aromatic rings. The van der Waals surface area contributed by atoms with Gasteiger partial charge in [0.15, 0.2) is 9.84 Å². The van der Waals surface area contributed by atoms with E-state index in [-0.39, 0.29) is 22.9 Å². The van der Waals surface area contributed by atoms with E-state index in [1.807, 2.05) is 0 Å². The Balaban J connectivity index is 2.94. The maximum absolute atomic E-state index is 11.3. The summed E-state index contributed by atoms with van der Waals surface area (Å²) in [5.41, 5.74) is 6.19. The molecule has 0 aliphatic heterocycles. The second kappa shape index (κ2) is 3.88. The monoisotopic (exact) mass is 215 g/mol. The van der Waals surface area contributed by atoms with Crippen LogP contribution in [0.5, 0.6) is 5.75 Å². The summed E-state index contributed by atoms with van der Waals surface area (Å²) in [4.78, 5) is 0. The predicted molar refractivity (Wildman–Crippen MR) is 55.7 cm³/mol. The lowest BCUT2D eigenvalue weighted by atomic mass is 10.2. The van der Waals surface area contributed by atoms with Crippen molar-refractivity contribution in [3.63, 3.8) is 0 Å². The van der Waals surface area contributed by atoms with E-state index in [9.17, 15) is 13.5 Å². The number of rotatable bonds is 3. The standard InChI is InChI=1S/C9H13NO3S/c1-2-14(12,13)6-7-3-4-8(10)9(11)5-7/h3-5,11H,2,6,10H2,1H3. The van der Waals surface area contributed by atoms with Gasteiger partial charge in [-0.15, -0.1) is 0 Å². The van der Waals surface area contributed by atoms with Crippen molar-refractivity contribution in [3.05, 3.63) is 23.8 Å². The maximum Gasteiger partial charge on any atom is 0.154 e. The van der Waals surface area contributed by atoms with Crippen LogP contribution in [-0.2, 0) is 15.6 Å². The Kier molecular flexibility index (Phi) is 3.00. The first-order valence-electron chi connectivity index (χ1n) is 4.22. The van der Waals surface area contributed by atoms with Crippen LogP contribution in [0.15, 0.2) is 18.2 Å². The number of hydrogen-bond acceptors (Lipinski definition) is 4. The van der Waals surface area contributed by atoms with Gasteiger partial charge in [-0.3, -0.25) is 0 Å². The summed E-state index contributed by atoms with van der Waals surface area (Å²) in [6, 6.07) is 4.47. The SMILES string of the molecule is CCS(=O)(=O)Cc1ccc(N)c(O)c1. The summed E-state index contributed by atoms with van der Waals surface area (Å²) >= 11 is 0. The van der Waals surface area contributed by atoms with Crippen LogP contribution in [0.4, 0.5) is 5.69 Å². The predicted octanol–water partition coefficient (Wildman–Crippen LogP) is 0.909. The Morgan fingerprint density at radius 2 is 2.07 bits per heavy atom. The van der Waals surface area contributed by atoms with Gasteiger partial charge in [-0.05, 0) is 17.7 Å². The fourth-order valence-corrected chi connectivity index (χ4v) is 1.93. The molecule has 0 spiro atoms. The molecule has 0 aliphatic carbocycles. The molecule has 78 valence electrons. The van der Waals surface area contributed by atoms with E-state index in [1.54, 1.807) is 13.0 Å². The zero-order chi connectivity index (χ0) is 10.8. The quantitative estimate of drug-likeness (QED) is 0.580. The van der Waals surface area contributed by atoms with E-state index < -0.39 is 9.84 Å². The number of phenols is 1. The first-order chi connectivity index (χ1) is 6.44. The van der Waals surface area contributed by atoms with Gasteiger partial charge in [0, 0.05) is 5.75 Å². The highest BCUT2D eigenvalue weighted by molar-refractivity contribution is 7.90. The molecule has 0 aromatic heterocycles. The van der Waals surface area contributed by atoms with Crippen LogP contribution in [0, 0.1) is 0 Å². The van der Waals surface area contributed by atoms with Gasteiger partial charge < -0.3 is 10.8 Å². The summed E-state index contributed by atoms with van der Waals surface area (Å²) in [7, 11) is -3.05. The van der Waals surface area contributed by atoms with E-state index in [1.165, 1.54) is 12.1 Å². The Labute approximate surface area is 83.3 Å². The highest BCUT2D eigenvalue weighted by atomic mass is 32.2. The second-order valence-electron chi connectivity index (χ2n) is 3.07. The summed E-state index contributed by atoms with van der Waals surface area (Å²) in [6.07, 6.45) is 0. The van der Waals surface area contributed by atoms with Gasteiger partial charge in [-0.2, -0.15) is 0 Å². The molecule has 0 aliphatic rings. The largest absolute Gasteiger partial charge is 0.506 e. The molecule has 3 N–H and O–H groups in total. The molecule has 14 heavy (non-hydrogen) atoms. The Morgan fingerprint density at radius 1 is 1.43 bits per heavy atom. The van der Waals surface area contributed by atoms with Crippen molar-refractivity contribution in [1.29, 1.82) is 0 Å². The first-order valence-corrected chi connectivity index (χ1v) is 6.04. The molecular formula is C9H13NO3S. The van der Waals surface area contributed by atoms with E-state index >= 15 is 0 Å². The molecular weight excluding hydrogens is 202 g/mol. The normalized spacial score (nSPS) is 11.5. The van der Waals surface area contributed by atoms with E-state index in [2.05, 4.69) is 0 Å². The second-order valence-corrected chi connectivity index (χ2v) is 5.42. The minimum atomic E-state index is -3.05. The first kappa shape index (κ1) is 10.8. The van der Waals surface area contributed by atoms with E-state index in [0.717, 1.165) is 0 Å². The fraction of sp³-hybridized carbons (Fsp3) is 0.333. The molecule has 1 rings (SSSR count). The number of sulfone groups is 1. The summed E-state index contributed by atoms with van der Waals surface area (Å²) < 4.78 is 22.5. The van der Waals surface area contributed by atoms with Crippen LogP contribution in [-0.4, -0.2) is 19.3 Å². The van der Waals surface area contributed by atoms with Crippen molar-refractivity contribution in [2.45, 2.75) is 12.7 Å². The highest BCUT2D eigenvalue weighted by Crippen LogP contribution is 2.21. The summed E-state index contributed by atoms with van der Waals surface area (Å²) in [6.45, 7) is 1.59. The fourth-order valence-electron chi connectivity index (χ4n) is 1.04. The van der Waals surface area contributed by atoms with Crippen molar-refractivity contribution in [3.8, 4) is 5.75 Å². The van der Waals surface area contributed by atoms with Gasteiger partial charge in [-0.25, -0.2) is 8.42 Å². The lowest BCUT2D eigenvalue weighted by Crippen LogP contribution is -2.06. The van der Waals surface area contributed by atoms with Gasteiger partial charge in [-0.1, -0.05) is 13.0 Å². The molecule has 0 unspecified atom stereocenters.